The van der Waals surface area contributed by atoms with Crippen LogP contribution in [0, 0.1) is 0 Å². The van der Waals surface area contributed by atoms with Crippen molar-refractivity contribution < 1.29 is 0 Å². The molecule has 0 aromatic heterocycles. The molecule has 0 saturated carbocycles. The van der Waals surface area contributed by atoms with E-state index < -0.39 is 0 Å². The van der Waals surface area contributed by atoms with E-state index in [1.54, 1.807) is 0 Å². The van der Waals surface area contributed by atoms with Crippen LogP contribution in [0.1, 0.15) is 33.6 Å². The molecule has 0 unspecified atom stereocenters. The molecule has 1 saturated heterocycles. The number of hydrogen-bond donors (Lipinski definition) is 0. The number of hydrogen-bond acceptors (Lipinski definition) is 2. The molecule has 0 aromatic rings. The maximum atomic E-state index is 2.60. The maximum absolute atomic E-state index is 2.60. The first-order valence-corrected chi connectivity index (χ1v) is 5.70. The van der Waals surface area contributed by atoms with Crippen molar-refractivity contribution in [3.05, 3.63) is 0 Å². The second-order valence-corrected chi connectivity index (χ2v) is 4.27. The van der Waals surface area contributed by atoms with Crippen molar-refractivity contribution in [2.24, 2.45) is 0 Å². The van der Waals surface area contributed by atoms with E-state index in [2.05, 4.69) is 30.6 Å². The Bertz CT molecular complexity index is 124. The summed E-state index contributed by atoms with van der Waals surface area (Å²) >= 11 is 0. The molecule has 78 valence electrons. The van der Waals surface area contributed by atoms with Gasteiger partial charge in [-0.25, -0.2) is 0 Å². The van der Waals surface area contributed by atoms with Gasteiger partial charge in [-0.3, -0.25) is 0 Å². The second kappa shape index (κ2) is 5.61. The van der Waals surface area contributed by atoms with Crippen LogP contribution in [-0.4, -0.2) is 48.6 Å². The van der Waals surface area contributed by atoms with Crippen molar-refractivity contribution in [2.45, 2.75) is 39.7 Å². The van der Waals surface area contributed by atoms with Gasteiger partial charge < -0.3 is 9.80 Å². The van der Waals surface area contributed by atoms with Crippen molar-refractivity contribution >= 4 is 0 Å². The third-order valence-electron chi connectivity index (χ3n) is 3.02. The first kappa shape index (κ1) is 11.0. The van der Waals surface area contributed by atoms with Crippen molar-refractivity contribution in [3.63, 3.8) is 0 Å². The minimum Gasteiger partial charge on any atom is -0.304 e. The molecule has 1 rings (SSSR count). The molecule has 2 nitrogen and oxygen atoms in total. The Morgan fingerprint density at radius 2 is 1.54 bits per heavy atom. The molecule has 0 radical (unpaired) electrons. The second-order valence-electron chi connectivity index (χ2n) is 4.27. The lowest BCUT2D eigenvalue weighted by Crippen LogP contribution is -2.39. The average Bonchev–Trinajstić information content (AvgIpc) is 2.03. The predicted molar refractivity (Wildman–Crippen MR) is 58.1 cm³/mol. The van der Waals surface area contributed by atoms with Gasteiger partial charge >= 0.3 is 0 Å². The number of rotatable bonds is 2. The van der Waals surface area contributed by atoms with E-state index in [0.717, 1.165) is 6.04 Å². The lowest BCUT2D eigenvalue weighted by Gasteiger charge is -2.31. The minimum absolute atomic E-state index is 0.730. The van der Waals surface area contributed by atoms with E-state index in [-0.39, 0.29) is 0 Å². The molecular weight excluding hydrogens is 160 g/mol. The van der Waals surface area contributed by atoms with Crippen molar-refractivity contribution in [1.29, 1.82) is 0 Å². The van der Waals surface area contributed by atoms with Crippen LogP contribution in [0.3, 0.4) is 0 Å². The topological polar surface area (TPSA) is 6.48 Å². The molecule has 0 bridgehead atoms. The summed E-state index contributed by atoms with van der Waals surface area (Å²) in [5, 5.41) is 0. The molecule has 0 aliphatic carbocycles. The summed E-state index contributed by atoms with van der Waals surface area (Å²) in [6.07, 6.45) is 2.68. The van der Waals surface area contributed by atoms with Gasteiger partial charge in [0.15, 0.2) is 0 Å². The summed E-state index contributed by atoms with van der Waals surface area (Å²) in [5.74, 6) is 0. The van der Waals surface area contributed by atoms with E-state index in [1.165, 1.54) is 45.6 Å². The van der Waals surface area contributed by atoms with E-state index in [0.29, 0.717) is 0 Å². The van der Waals surface area contributed by atoms with Gasteiger partial charge in [-0.2, -0.15) is 0 Å². The Labute approximate surface area is 82.9 Å². The molecule has 0 spiro atoms. The van der Waals surface area contributed by atoms with Gasteiger partial charge in [0, 0.05) is 6.04 Å². The highest BCUT2D eigenvalue weighted by Crippen LogP contribution is 2.06. The minimum atomic E-state index is 0.730. The average molecular weight is 184 g/mol. The van der Waals surface area contributed by atoms with Crippen LogP contribution in [0.2, 0.25) is 0 Å². The fourth-order valence-electron chi connectivity index (χ4n) is 2.05. The summed E-state index contributed by atoms with van der Waals surface area (Å²) in [6.45, 7) is 13.3. The summed E-state index contributed by atoms with van der Waals surface area (Å²) in [4.78, 5) is 5.17. The zero-order chi connectivity index (χ0) is 9.68. The molecule has 0 amide bonds. The maximum Gasteiger partial charge on any atom is 0.00386 e. The molecular formula is C11H24N2. The van der Waals surface area contributed by atoms with Crippen LogP contribution in [-0.2, 0) is 0 Å². The van der Waals surface area contributed by atoms with Crippen LogP contribution >= 0.6 is 0 Å². The molecule has 0 atom stereocenters. The van der Waals surface area contributed by atoms with Gasteiger partial charge in [0.1, 0.15) is 0 Å². The predicted octanol–water partition coefficient (Wildman–Crippen LogP) is 1.81. The van der Waals surface area contributed by atoms with Gasteiger partial charge in [0.25, 0.3) is 0 Å². The van der Waals surface area contributed by atoms with Gasteiger partial charge in [-0.15, -0.1) is 0 Å². The molecule has 1 fully saturated rings. The fraction of sp³-hybridized carbons (Fsp3) is 1.00. The standard InChI is InChI=1S/C11H24N2/c1-4-12-7-5-9-13(11(2)3)10-6-8-12/h11H,4-10H2,1-3H3. The van der Waals surface area contributed by atoms with Gasteiger partial charge in [-0.1, -0.05) is 6.92 Å². The normalized spacial score (nSPS) is 23.1. The zero-order valence-electron chi connectivity index (χ0n) is 9.42. The van der Waals surface area contributed by atoms with E-state index in [9.17, 15) is 0 Å². The molecule has 2 heteroatoms. The van der Waals surface area contributed by atoms with E-state index in [4.69, 9.17) is 0 Å². The highest BCUT2D eigenvalue weighted by atomic mass is 15.2. The summed E-state index contributed by atoms with van der Waals surface area (Å²) in [5.41, 5.74) is 0. The van der Waals surface area contributed by atoms with Crippen LogP contribution in [0.15, 0.2) is 0 Å². The molecule has 0 aromatic carbocycles. The highest BCUT2D eigenvalue weighted by molar-refractivity contribution is 4.69. The summed E-state index contributed by atoms with van der Waals surface area (Å²) in [6, 6.07) is 0.730. The van der Waals surface area contributed by atoms with Crippen molar-refractivity contribution in [2.75, 3.05) is 32.7 Å². The Morgan fingerprint density at radius 3 is 1.92 bits per heavy atom. The molecule has 1 aliphatic rings. The van der Waals surface area contributed by atoms with Crippen molar-refractivity contribution in [3.8, 4) is 0 Å². The summed E-state index contributed by atoms with van der Waals surface area (Å²) < 4.78 is 0. The molecule has 1 aliphatic heterocycles. The van der Waals surface area contributed by atoms with Gasteiger partial charge in [0.2, 0.25) is 0 Å². The Kier molecular flexibility index (Phi) is 4.74. The Hall–Kier alpha value is -0.0800. The quantitative estimate of drug-likeness (QED) is 0.646. The van der Waals surface area contributed by atoms with Crippen LogP contribution in [0.4, 0.5) is 0 Å². The van der Waals surface area contributed by atoms with Crippen LogP contribution in [0.5, 0.6) is 0 Å². The van der Waals surface area contributed by atoms with E-state index >= 15 is 0 Å². The third kappa shape index (κ3) is 3.65. The highest BCUT2D eigenvalue weighted by Gasteiger charge is 2.13. The third-order valence-corrected chi connectivity index (χ3v) is 3.02. The van der Waals surface area contributed by atoms with Crippen LogP contribution < -0.4 is 0 Å². The van der Waals surface area contributed by atoms with Gasteiger partial charge in [0.05, 0.1) is 0 Å². The SMILES string of the molecule is CCN1CCCN(C(C)C)CCC1. The monoisotopic (exact) mass is 184 g/mol. The molecule has 13 heavy (non-hydrogen) atoms. The molecule has 1 heterocycles. The first-order valence-electron chi connectivity index (χ1n) is 5.70. The lowest BCUT2D eigenvalue weighted by atomic mass is 10.2. The largest absolute Gasteiger partial charge is 0.304 e. The summed E-state index contributed by atoms with van der Waals surface area (Å²) in [7, 11) is 0. The zero-order valence-corrected chi connectivity index (χ0v) is 9.42. The number of nitrogens with zero attached hydrogens (tertiary/aromatic N) is 2. The smallest absolute Gasteiger partial charge is 0.00386 e. The first-order chi connectivity index (χ1) is 6.24. The van der Waals surface area contributed by atoms with Crippen LogP contribution in [0.25, 0.3) is 0 Å². The Morgan fingerprint density at radius 1 is 1.00 bits per heavy atom. The molecule has 0 N–H and O–H groups in total. The van der Waals surface area contributed by atoms with Crippen molar-refractivity contribution in [1.82, 2.24) is 9.80 Å². The Balaban J connectivity index is 2.30. The lowest BCUT2D eigenvalue weighted by molar-refractivity contribution is 0.160. The van der Waals surface area contributed by atoms with E-state index in [1.807, 2.05) is 0 Å². The fourth-order valence-corrected chi connectivity index (χ4v) is 2.05. The van der Waals surface area contributed by atoms with Gasteiger partial charge in [-0.05, 0) is 59.4 Å².